The van der Waals surface area contributed by atoms with Gasteiger partial charge in [-0.3, -0.25) is 14.5 Å². The van der Waals surface area contributed by atoms with E-state index in [-0.39, 0.29) is 17.9 Å². The first-order chi connectivity index (χ1) is 13.1. The number of esters is 1. The highest BCUT2D eigenvalue weighted by atomic mass is 16.5. The van der Waals surface area contributed by atoms with Crippen LogP contribution in [0, 0.1) is 6.92 Å². The van der Waals surface area contributed by atoms with Crippen LogP contribution in [0.3, 0.4) is 0 Å². The SMILES string of the molecule is CCOC(=O)CCc1c(C)nc(-c2cccc(CN3CCCC3)c2)[nH]c1=O. The maximum Gasteiger partial charge on any atom is 0.306 e. The Hall–Kier alpha value is -2.47. The summed E-state index contributed by atoms with van der Waals surface area (Å²) in [7, 11) is 0. The molecule has 0 bridgehead atoms. The fraction of sp³-hybridized carbons (Fsp3) is 0.476. The standard InChI is InChI=1S/C21H27N3O3/c1-3-27-19(25)10-9-18-15(2)22-20(23-21(18)26)17-8-6-7-16(13-17)14-24-11-4-5-12-24/h6-8,13H,3-5,9-12,14H2,1-2H3,(H,22,23,26). The van der Waals surface area contributed by atoms with Gasteiger partial charge in [-0.1, -0.05) is 18.2 Å². The van der Waals surface area contributed by atoms with Crippen molar-refractivity contribution in [2.24, 2.45) is 0 Å². The molecule has 1 aromatic heterocycles. The van der Waals surface area contributed by atoms with Gasteiger partial charge in [-0.05, 0) is 57.8 Å². The highest BCUT2D eigenvalue weighted by Gasteiger charge is 2.14. The van der Waals surface area contributed by atoms with Crippen LogP contribution in [0.1, 0.15) is 43.0 Å². The predicted molar refractivity (Wildman–Crippen MR) is 104 cm³/mol. The van der Waals surface area contributed by atoms with Crippen molar-refractivity contribution >= 4 is 5.97 Å². The Kier molecular flexibility index (Phi) is 6.40. The zero-order valence-electron chi connectivity index (χ0n) is 16.1. The Labute approximate surface area is 159 Å². The van der Waals surface area contributed by atoms with Crippen LogP contribution in [0.2, 0.25) is 0 Å². The Morgan fingerprint density at radius 2 is 2.07 bits per heavy atom. The molecule has 1 fully saturated rings. The average Bonchev–Trinajstić information content (AvgIpc) is 3.14. The monoisotopic (exact) mass is 369 g/mol. The minimum atomic E-state index is -0.296. The first kappa shape index (κ1) is 19.3. The summed E-state index contributed by atoms with van der Waals surface area (Å²) in [6, 6.07) is 8.17. The second kappa shape index (κ2) is 8.95. The smallest absolute Gasteiger partial charge is 0.306 e. The first-order valence-electron chi connectivity index (χ1n) is 9.64. The van der Waals surface area contributed by atoms with Crippen molar-refractivity contribution < 1.29 is 9.53 Å². The van der Waals surface area contributed by atoms with Crippen molar-refractivity contribution in [3.05, 3.63) is 51.4 Å². The molecule has 1 aliphatic rings. The van der Waals surface area contributed by atoms with E-state index in [9.17, 15) is 9.59 Å². The van der Waals surface area contributed by atoms with E-state index in [1.54, 1.807) is 6.92 Å². The molecule has 0 amide bonds. The van der Waals surface area contributed by atoms with Crippen molar-refractivity contribution in [2.75, 3.05) is 19.7 Å². The van der Waals surface area contributed by atoms with Crippen molar-refractivity contribution in [2.45, 2.75) is 46.1 Å². The van der Waals surface area contributed by atoms with Gasteiger partial charge in [0.25, 0.3) is 5.56 Å². The summed E-state index contributed by atoms with van der Waals surface area (Å²) < 4.78 is 4.93. The molecular formula is C21H27N3O3. The van der Waals surface area contributed by atoms with Crippen LogP contribution in [0.4, 0.5) is 0 Å². The molecule has 1 saturated heterocycles. The second-order valence-electron chi connectivity index (χ2n) is 6.97. The lowest BCUT2D eigenvalue weighted by Gasteiger charge is -2.15. The van der Waals surface area contributed by atoms with Crippen LogP contribution in [0.5, 0.6) is 0 Å². The molecule has 2 aromatic rings. The molecule has 6 nitrogen and oxygen atoms in total. The first-order valence-corrected chi connectivity index (χ1v) is 9.64. The molecule has 0 aliphatic carbocycles. The van der Waals surface area contributed by atoms with E-state index in [0.717, 1.165) is 25.2 Å². The van der Waals surface area contributed by atoms with Crippen molar-refractivity contribution in [1.29, 1.82) is 0 Å². The summed E-state index contributed by atoms with van der Waals surface area (Å²) in [6.07, 6.45) is 3.05. The van der Waals surface area contributed by atoms with Crippen LogP contribution in [-0.2, 0) is 22.5 Å². The summed E-state index contributed by atoms with van der Waals surface area (Å²) in [6.45, 7) is 7.15. The van der Waals surface area contributed by atoms with Gasteiger partial charge in [-0.25, -0.2) is 4.98 Å². The van der Waals surface area contributed by atoms with Crippen LogP contribution in [-0.4, -0.2) is 40.5 Å². The third kappa shape index (κ3) is 5.04. The zero-order chi connectivity index (χ0) is 19.2. The molecule has 0 atom stereocenters. The summed E-state index contributed by atoms with van der Waals surface area (Å²) in [5, 5.41) is 0. The van der Waals surface area contributed by atoms with Crippen LogP contribution in [0.25, 0.3) is 11.4 Å². The van der Waals surface area contributed by atoms with Gasteiger partial charge >= 0.3 is 5.97 Å². The number of hydrogen-bond acceptors (Lipinski definition) is 5. The third-order valence-electron chi connectivity index (χ3n) is 4.91. The number of nitrogens with zero attached hydrogens (tertiary/aromatic N) is 2. The van der Waals surface area contributed by atoms with E-state index in [1.165, 1.54) is 18.4 Å². The van der Waals surface area contributed by atoms with Crippen molar-refractivity contribution in [3.8, 4) is 11.4 Å². The number of aryl methyl sites for hydroxylation is 1. The number of carbonyl (C=O) groups is 1. The average molecular weight is 369 g/mol. The topological polar surface area (TPSA) is 75.3 Å². The van der Waals surface area contributed by atoms with Crippen LogP contribution in [0.15, 0.2) is 29.1 Å². The fourth-order valence-electron chi connectivity index (χ4n) is 3.52. The summed E-state index contributed by atoms with van der Waals surface area (Å²) in [5.74, 6) is 0.274. The van der Waals surface area contributed by atoms with E-state index in [4.69, 9.17) is 4.74 Å². The quantitative estimate of drug-likeness (QED) is 0.760. The van der Waals surface area contributed by atoms with Crippen LogP contribution >= 0.6 is 0 Å². The van der Waals surface area contributed by atoms with Gasteiger partial charge in [-0.2, -0.15) is 0 Å². The number of aromatic nitrogens is 2. The lowest BCUT2D eigenvalue weighted by molar-refractivity contribution is -0.143. The minimum absolute atomic E-state index is 0.185. The molecule has 27 heavy (non-hydrogen) atoms. The molecule has 144 valence electrons. The number of aromatic amines is 1. The Morgan fingerprint density at radius 3 is 2.78 bits per heavy atom. The summed E-state index contributed by atoms with van der Waals surface area (Å²) in [5.41, 5.74) is 3.14. The number of nitrogens with one attached hydrogen (secondary N) is 1. The van der Waals surface area contributed by atoms with Gasteiger partial charge in [0.15, 0.2) is 0 Å². The lowest BCUT2D eigenvalue weighted by atomic mass is 10.1. The molecule has 1 N–H and O–H groups in total. The Morgan fingerprint density at radius 1 is 1.30 bits per heavy atom. The minimum Gasteiger partial charge on any atom is -0.466 e. The van der Waals surface area contributed by atoms with Gasteiger partial charge in [0, 0.05) is 29.8 Å². The molecule has 6 heteroatoms. The van der Waals surface area contributed by atoms with Gasteiger partial charge in [0.1, 0.15) is 5.82 Å². The van der Waals surface area contributed by atoms with Gasteiger partial charge in [-0.15, -0.1) is 0 Å². The van der Waals surface area contributed by atoms with E-state index in [2.05, 4.69) is 27.0 Å². The number of ether oxygens (including phenoxy) is 1. The normalized spacial score (nSPS) is 14.4. The highest BCUT2D eigenvalue weighted by Crippen LogP contribution is 2.19. The predicted octanol–water partition coefficient (Wildman–Crippen LogP) is 2.84. The number of rotatable bonds is 7. The number of H-pyrrole nitrogens is 1. The van der Waals surface area contributed by atoms with Gasteiger partial charge in [0.2, 0.25) is 0 Å². The lowest BCUT2D eigenvalue weighted by Crippen LogP contribution is -2.19. The van der Waals surface area contributed by atoms with Gasteiger partial charge in [0.05, 0.1) is 6.61 Å². The van der Waals surface area contributed by atoms with E-state index < -0.39 is 0 Å². The molecule has 0 radical (unpaired) electrons. The second-order valence-corrected chi connectivity index (χ2v) is 6.97. The highest BCUT2D eigenvalue weighted by molar-refractivity contribution is 5.69. The molecule has 3 rings (SSSR count). The fourth-order valence-corrected chi connectivity index (χ4v) is 3.52. The van der Waals surface area contributed by atoms with Crippen LogP contribution < -0.4 is 5.56 Å². The number of likely N-dealkylation sites (tertiary alicyclic amines) is 1. The molecule has 2 heterocycles. The van der Waals surface area contributed by atoms with Crippen molar-refractivity contribution in [1.82, 2.24) is 14.9 Å². The maximum atomic E-state index is 12.5. The molecule has 1 aliphatic heterocycles. The molecule has 0 saturated carbocycles. The summed E-state index contributed by atoms with van der Waals surface area (Å²) in [4.78, 5) is 34.0. The van der Waals surface area contributed by atoms with E-state index >= 15 is 0 Å². The molecule has 0 unspecified atom stereocenters. The van der Waals surface area contributed by atoms with E-state index in [0.29, 0.717) is 30.1 Å². The van der Waals surface area contributed by atoms with Crippen molar-refractivity contribution in [3.63, 3.8) is 0 Å². The number of carbonyl (C=O) groups excluding carboxylic acids is 1. The molecule has 1 aromatic carbocycles. The molecular weight excluding hydrogens is 342 g/mol. The number of hydrogen-bond donors (Lipinski definition) is 1. The Balaban J connectivity index is 1.77. The zero-order valence-corrected chi connectivity index (χ0v) is 16.1. The maximum absolute atomic E-state index is 12.5. The van der Waals surface area contributed by atoms with Gasteiger partial charge < -0.3 is 9.72 Å². The Bertz CT molecular complexity index is 854. The third-order valence-corrected chi connectivity index (χ3v) is 4.91. The summed E-state index contributed by atoms with van der Waals surface area (Å²) >= 11 is 0. The number of benzene rings is 1. The molecule has 0 spiro atoms. The van der Waals surface area contributed by atoms with E-state index in [1.807, 2.05) is 19.1 Å². The largest absolute Gasteiger partial charge is 0.466 e.